The summed E-state index contributed by atoms with van der Waals surface area (Å²) < 4.78 is 5.45. The first kappa shape index (κ1) is 17.2. The highest BCUT2D eigenvalue weighted by Crippen LogP contribution is 2.23. The molecule has 0 bridgehead atoms. The maximum absolute atomic E-state index is 13.1. The molecule has 2 aromatic rings. The van der Waals surface area contributed by atoms with Gasteiger partial charge in [-0.3, -0.25) is 14.8 Å². The second kappa shape index (κ2) is 8.01. The molecule has 0 saturated carbocycles. The number of aromatic nitrogens is 2. The largest absolute Gasteiger partial charge is 0.379 e. The standard InChI is InChI=1S/C20H26N4O2/c25-20(17-6-4-16(5-7-17)19-8-9-21-22-19)24-10-2-1-3-18(24)15-23-11-13-26-14-12-23/h4-9,18H,1-3,10-15H2,(H,21,22)/t18-/m1/s1. The van der Waals surface area contributed by atoms with Gasteiger partial charge in [0.1, 0.15) is 0 Å². The molecule has 2 aliphatic heterocycles. The van der Waals surface area contributed by atoms with Crippen LogP contribution in [0.4, 0.5) is 0 Å². The van der Waals surface area contributed by atoms with Crippen molar-refractivity contribution in [3.63, 3.8) is 0 Å². The van der Waals surface area contributed by atoms with E-state index >= 15 is 0 Å². The van der Waals surface area contributed by atoms with Crippen LogP contribution in [-0.2, 0) is 4.74 Å². The Hall–Kier alpha value is -2.18. The smallest absolute Gasteiger partial charge is 0.254 e. The molecule has 0 spiro atoms. The maximum Gasteiger partial charge on any atom is 0.254 e. The van der Waals surface area contributed by atoms with Gasteiger partial charge < -0.3 is 9.64 Å². The number of benzene rings is 1. The number of piperidine rings is 1. The van der Waals surface area contributed by atoms with Gasteiger partial charge in [0.25, 0.3) is 5.91 Å². The second-order valence-electron chi connectivity index (χ2n) is 7.11. The molecule has 0 unspecified atom stereocenters. The molecule has 3 heterocycles. The van der Waals surface area contributed by atoms with Crippen molar-refractivity contribution >= 4 is 5.91 Å². The summed E-state index contributed by atoms with van der Waals surface area (Å²) in [6, 6.07) is 10.1. The average Bonchev–Trinajstić information content (AvgIpc) is 3.24. The van der Waals surface area contributed by atoms with E-state index in [4.69, 9.17) is 4.74 Å². The lowest BCUT2D eigenvalue weighted by atomic mass is 9.99. The topological polar surface area (TPSA) is 61.5 Å². The first-order valence-corrected chi connectivity index (χ1v) is 9.52. The van der Waals surface area contributed by atoms with Crippen LogP contribution in [0.5, 0.6) is 0 Å². The molecular formula is C20H26N4O2. The molecular weight excluding hydrogens is 328 g/mol. The molecule has 26 heavy (non-hydrogen) atoms. The monoisotopic (exact) mass is 354 g/mol. The molecule has 1 N–H and O–H groups in total. The van der Waals surface area contributed by atoms with Gasteiger partial charge in [-0.2, -0.15) is 5.10 Å². The molecule has 2 aliphatic rings. The van der Waals surface area contributed by atoms with Crippen LogP contribution in [0.15, 0.2) is 36.5 Å². The molecule has 6 heteroatoms. The summed E-state index contributed by atoms with van der Waals surface area (Å²) in [7, 11) is 0. The van der Waals surface area contributed by atoms with Gasteiger partial charge in [0.2, 0.25) is 0 Å². The Bertz CT molecular complexity index is 708. The molecule has 2 fully saturated rings. The number of carbonyl (C=O) groups is 1. The molecule has 4 rings (SSSR count). The molecule has 0 radical (unpaired) electrons. The van der Waals surface area contributed by atoms with E-state index in [2.05, 4.69) is 20.0 Å². The Morgan fingerprint density at radius 2 is 1.92 bits per heavy atom. The van der Waals surface area contributed by atoms with Crippen molar-refractivity contribution in [3.05, 3.63) is 42.1 Å². The Morgan fingerprint density at radius 3 is 2.65 bits per heavy atom. The number of carbonyl (C=O) groups excluding carboxylic acids is 1. The third-order valence-electron chi connectivity index (χ3n) is 5.40. The van der Waals surface area contributed by atoms with Crippen LogP contribution in [0.2, 0.25) is 0 Å². The van der Waals surface area contributed by atoms with E-state index < -0.39 is 0 Å². The summed E-state index contributed by atoms with van der Waals surface area (Å²) in [4.78, 5) is 17.6. The Morgan fingerprint density at radius 1 is 1.12 bits per heavy atom. The number of rotatable bonds is 4. The van der Waals surface area contributed by atoms with Gasteiger partial charge in [0.05, 0.1) is 18.9 Å². The van der Waals surface area contributed by atoms with Gasteiger partial charge in [-0.1, -0.05) is 12.1 Å². The minimum atomic E-state index is 0.152. The lowest BCUT2D eigenvalue weighted by molar-refractivity contribution is 0.0166. The normalized spacial score (nSPS) is 21.7. The fourth-order valence-corrected chi connectivity index (χ4v) is 3.91. The number of likely N-dealkylation sites (tertiary alicyclic amines) is 1. The summed E-state index contributed by atoms with van der Waals surface area (Å²) in [5, 5.41) is 6.94. The molecule has 0 aliphatic carbocycles. The van der Waals surface area contributed by atoms with Gasteiger partial charge >= 0.3 is 0 Å². The van der Waals surface area contributed by atoms with E-state index in [0.29, 0.717) is 6.04 Å². The number of nitrogens with zero attached hydrogens (tertiary/aromatic N) is 3. The molecule has 1 aromatic heterocycles. The number of H-pyrrole nitrogens is 1. The number of morpholine rings is 1. The van der Waals surface area contributed by atoms with E-state index in [-0.39, 0.29) is 5.91 Å². The summed E-state index contributed by atoms with van der Waals surface area (Å²) in [5.41, 5.74) is 2.77. The average molecular weight is 354 g/mol. The van der Waals surface area contributed by atoms with Crippen LogP contribution < -0.4 is 0 Å². The highest BCUT2D eigenvalue weighted by Gasteiger charge is 2.29. The number of ether oxygens (including phenoxy) is 1. The number of nitrogens with one attached hydrogen (secondary N) is 1. The van der Waals surface area contributed by atoms with Gasteiger partial charge in [-0.05, 0) is 43.0 Å². The lowest BCUT2D eigenvalue weighted by Crippen LogP contribution is -2.51. The van der Waals surface area contributed by atoms with Crippen LogP contribution in [-0.4, -0.2) is 71.3 Å². The van der Waals surface area contributed by atoms with Gasteiger partial charge in [0, 0.05) is 44.0 Å². The first-order valence-electron chi connectivity index (χ1n) is 9.52. The van der Waals surface area contributed by atoms with Crippen LogP contribution in [0, 0.1) is 0 Å². The van der Waals surface area contributed by atoms with Crippen molar-refractivity contribution in [3.8, 4) is 11.3 Å². The minimum Gasteiger partial charge on any atom is -0.379 e. The van der Waals surface area contributed by atoms with E-state index in [1.165, 1.54) is 6.42 Å². The molecule has 6 nitrogen and oxygen atoms in total. The fourth-order valence-electron chi connectivity index (χ4n) is 3.91. The summed E-state index contributed by atoms with van der Waals surface area (Å²) >= 11 is 0. The fraction of sp³-hybridized carbons (Fsp3) is 0.500. The Kier molecular flexibility index (Phi) is 5.32. The van der Waals surface area contributed by atoms with E-state index in [1.54, 1.807) is 6.20 Å². The van der Waals surface area contributed by atoms with Crippen molar-refractivity contribution < 1.29 is 9.53 Å². The van der Waals surface area contributed by atoms with Crippen LogP contribution in [0.25, 0.3) is 11.3 Å². The lowest BCUT2D eigenvalue weighted by Gasteiger charge is -2.39. The summed E-state index contributed by atoms with van der Waals surface area (Å²) in [6.07, 6.45) is 5.13. The molecule has 1 aromatic carbocycles. The van der Waals surface area contributed by atoms with Crippen LogP contribution in [0.3, 0.4) is 0 Å². The molecule has 1 atom stereocenters. The van der Waals surface area contributed by atoms with Crippen LogP contribution in [0.1, 0.15) is 29.6 Å². The van der Waals surface area contributed by atoms with Gasteiger partial charge in [-0.25, -0.2) is 0 Å². The number of hydrogen-bond donors (Lipinski definition) is 1. The van der Waals surface area contributed by atoms with Gasteiger partial charge in [0.15, 0.2) is 0 Å². The van der Waals surface area contributed by atoms with Crippen molar-refractivity contribution in [2.24, 2.45) is 0 Å². The summed E-state index contributed by atoms with van der Waals surface area (Å²) in [6.45, 7) is 5.36. The predicted octanol–water partition coefficient (Wildman–Crippen LogP) is 2.40. The third-order valence-corrected chi connectivity index (χ3v) is 5.40. The van der Waals surface area contributed by atoms with Crippen molar-refractivity contribution in [1.29, 1.82) is 0 Å². The molecule has 1 amide bonds. The summed E-state index contributed by atoms with van der Waals surface area (Å²) in [5.74, 6) is 0.152. The van der Waals surface area contributed by atoms with E-state index in [0.717, 1.165) is 69.1 Å². The molecule has 2 saturated heterocycles. The van der Waals surface area contributed by atoms with Crippen LogP contribution >= 0.6 is 0 Å². The first-order chi connectivity index (χ1) is 12.8. The zero-order valence-electron chi connectivity index (χ0n) is 15.1. The number of amides is 1. The van der Waals surface area contributed by atoms with E-state index in [1.807, 2.05) is 30.3 Å². The highest BCUT2D eigenvalue weighted by molar-refractivity contribution is 5.95. The van der Waals surface area contributed by atoms with Crippen molar-refractivity contribution in [2.75, 3.05) is 39.4 Å². The Labute approximate surface area is 154 Å². The Balaban J connectivity index is 1.46. The predicted molar refractivity (Wildman–Crippen MR) is 100.0 cm³/mol. The molecule has 138 valence electrons. The van der Waals surface area contributed by atoms with Crippen molar-refractivity contribution in [1.82, 2.24) is 20.0 Å². The number of aromatic amines is 1. The second-order valence-corrected chi connectivity index (χ2v) is 7.11. The van der Waals surface area contributed by atoms with Gasteiger partial charge in [-0.15, -0.1) is 0 Å². The zero-order chi connectivity index (χ0) is 17.8. The SMILES string of the molecule is O=C(c1ccc(-c2ccn[nH]2)cc1)N1CCCC[C@@H]1CN1CCOCC1. The maximum atomic E-state index is 13.1. The minimum absolute atomic E-state index is 0.152. The third kappa shape index (κ3) is 3.81. The van der Waals surface area contributed by atoms with Crippen molar-refractivity contribution in [2.45, 2.75) is 25.3 Å². The number of hydrogen-bond acceptors (Lipinski definition) is 4. The highest BCUT2D eigenvalue weighted by atomic mass is 16.5. The quantitative estimate of drug-likeness (QED) is 0.916. The van der Waals surface area contributed by atoms with E-state index in [9.17, 15) is 4.79 Å². The zero-order valence-corrected chi connectivity index (χ0v) is 15.1.